The summed E-state index contributed by atoms with van der Waals surface area (Å²) < 4.78 is 10.9. The summed E-state index contributed by atoms with van der Waals surface area (Å²) in [7, 11) is 0. The Morgan fingerprint density at radius 2 is 1.68 bits per heavy atom. The van der Waals surface area contributed by atoms with Gasteiger partial charge in [-0.05, 0) is 40.5 Å². The first-order chi connectivity index (χ1) is 9.99. The molecule has 6 nitrogen and oxygen atoms in total. The maximum Gasteiger partial charge on any atom is 0.408 e. The number of alkyl carbamates (subject to hydrolysis) is 1. The number of amides is 2. The zero-order valence-corrected chi connectivity index (χ0v) is 14.8. The van der Waals surface area contributed by atoms with E-state index in [2.05, 4.69) is 5.32 Å². The Labute approximate surface area is 133 Å². The molecular weight excluding hydrogens is 284 g/mol. The second-order valence-corrected chi connectivity index (χ2v) is 7.37. The van der Waals surface area contributed by atoms with E-state index < -0.39 is 17.7 Å². The summed E-state index contributed by atoms with van der Waals surface area (Å²) in [6, 6.07) is -0.590. The van der Waals surface area contributed by atoms with Gasteiger partial charge in [0.25, 0.3) is 0 Å². The highest BCUT2D eigenvalue weighted by molar-refractivity contribution is 5.86. The topological polar surface area (TPSA) is 67.9 Å². The molecule has 1 saturated heterocycles. The molecule has 6 heteroatoms. The first-order valence-corrected chi connectivity index (χ1v) is 7.93. The van der Waals surface area contributed by atoms with Crippen LogP contribution in [0.15, 0.2) is 0 Å². The van der Waals surface area contributed by atoms with Crippen molar-refractivity contribution in [3.63, 3.8) is 0 Å². The van der Waals surface area contributed by atoms with Gasteiger partial charge in [-0.15, -0.1) is 0 Å². The molecule has 0 radical (unpaired) electrons. The van der Waals surface area contributed by atoms with E-state index in [1.165, 1.54) is 0 Å². The lowest BCUT2D eigenvalue weighted by Crippen LogP contribution is -2.57. The van der Waals surface area contributed by atoms with Crippen molar-refractivity contribution in [2.45, 2.75) is 72.3 Å². The Hall–Kier alpha value is -1.30. The van der Waals surface area contributed by atoms with Crippen molar-refractivity contribution in [1.82, 2.24) is 10.2 Å². The summed E-state index contributed by atoms with van der Waals surface area (Å²) >= 11 is 0. The van der Waals surface area contributed by atoms with Gasteiger partial charge in [0, 0.05) is 13.1 Å². The molecule has 128 valence electrons. The molecular formula is C16H30N2O4. The van der Waals surface area contributed by atoms with Crippen LogP contribution in [0.1, 0.15) is 48.5 Å². The van der Waals surface area contributed by atoms with E-state index in [0.717, 1.165) is 0 Å². The third-order valence-corrected chi connectivity index (χ3v) is 3.34. The third kappa shape index (κ3) is 5.83. The lowest BCUT2D eigenvalue weighted by Gasteiger charge is -2.38. The first kappa shape index (κ1) is 18.7. The monoisotopic (exact) mass is 314 g/mol. The molecule has 0 saturated carbocycles. The zero-order valence-electron chi connectivity index (χ0n) is 14.8. The molecule has 2 amide bonds. The van der Waals surface area contributed by atoms with Crippen LogP contribution in [0.2, 0.25) is 0 Å². The molecule has 1 N–H and O–H groups in total. The number of ether oxygens (including phenoxy) is 2. The van der Waals surface area contributed by atoms with E-state index in [1.54, 1.807) is 25.7 Å². The lowest BCUT2D eigenvalue weighted by molar-refractivity contribution is -0.146. The number of hydrogen-bond donors (Lipinski definition) is 1. The predicted octanol–water partition coefficient (Wildman–Crippen LogP) is 2.17. The van der Waals surface area contributed by atoms with Gasteiger partial charge in [-0.2, -0.15) is 0 Å². The van der Waals surface area contributed by atoms with Crippen LogP contribution >= 0.6 is 0 Å². The third-order valence-electron chi connectivity index (χ3n) is 3.34. The summed E-state index contributed by atoms with van der Waals surface area (Å²) in [6.07, 6.45) is -0.557. The van der Waals surface area contributed by atoms with Gasteiger partial charge in [0.1, 0.15) is 11.6 Å². The van der Waals surface area contributed by atoms with Crippen molar-refractivity contribution in [1.29, 1.82) is 0 Å². The molecule has 1 heterocycles. The van der Waals surface area contributed by atoms with Crippen LogP contribution in [0, 0.1) is 5.92 Å². The van der Waals surface area contributed by atoms with Gasteiger partial charge in [-0.1, -0.05) is 13.8 Å². The van der Waals surface area contributed by atoms with Gasteiger partial charge in [-0.25, -0.2) is 4.79 Å². The summed E-state index contributed by atoms with van der Waals surface area (Å²) in [5, 5.41) is 2.71. The average Bonchev–Trinajstić information content (AvgIpc) is 2.31. The summed E-state index contributed by atoms with van der Waals surface area (Å²) in [4.78, 5) is 26.5. The van der Waals surface area contributed by atoms with Crippen molar-refractivity contribution in [2.75, 3.05) is 13.1 Å². The number of morpholine rings is 1. The van der Waals surface area contributed by atoms with Crippen molar-refractivity contribution in [2.24, 2.45) is 5.92 Å². The molecule has 22 heavy (non-hydrogen) atoms. The lowest BCUT2D eigenvalue weighted by atomic mass is 10.0. The van der Waals surface area contributed by atoms with Gasteiger partial charge in [0.05, 0.1) is 12.2 Å². The second kappa shape index (κ2) is 7.31. The maximum absolute atomic E-state index is 12.7. The molecule has 0 aromatic rings. The number of nitrogens with one attached hydrogen (secondary N) is 1. The van der Waals surface area contributed by atoms with Crippen LogP contribution in [0.5, 0.6) is 0 Å². The molecule has 3 unspecified atom stereocenters. The molecule has 0 spiro atoms. The highest BCUT2D eigenvalue weighted by Gasteiger charge is 2.33. The second-order valence-electron chi connectivity index (χ2n) is 7.37. The van der Waals surface area contributed by atoms with Crippen LogP contribution in [0.25, 0.3) is 0 Å². The molecule has 1 rings (SSSR count). The maximum atomic E-state index is 12.7. The molecule has 0 aliphatic carbocycles. The van der Waals surface area contributed by atoms with Gasteiger partial charge < -0.3 is 19.7 Å². The first-order valence-electron chi connectivity index (χ1n) is 7.93. The quantitative estimate of drug-likeness (QED) is 0.867. The molecule has 1 aliphatic heterocycles. The SMILES string of the molecule is CC1CN(C(=O)C(NC(=O)OC(C)(C)C)C(C)C)CC(C)O1. The van der Waals surface area contributed by atoms with Crippen molar-refractivity contribution in [3.05, 3.63) is 0 Å². The Morgan fingerprint density at radius 3 is 2.09 bits per heavy atom. The zero-order chi connectivity index (χ0) is 17.1. The Balaban J connectivity index is 2.73. The summed E-state index contributed by atoms with van der Waals surface area (Å²) in [6.45, 7) is 14.2. The minimum atomic E-state index is -0.590. The summed E-state index contributed by atoms with van der Waals surface area (Å²) in [5.74, 6) is -0.101. The number of nitrogens with zero attached hydrogens (tertiary/aromatic N) is 1. The van der Waals surface area contributed by atoms with Crippen LogP contribution in [-0.2, 0) is 14.3 Å². The van der Waals surface area contributed by atoms with Gasteiger partial charge in [0.15, 0.2) is 0 Å². The minimum absolute atomic E-state index is 0.00189. The van der Waals surface area contributed by atoms with E-state index >= 15 is 0 Å². The average molecular weight is 314 g/mol. The highest BCUT2D eigenvalue weighted by atomic mass is 16.6. The fourth-order valence-electron chi connectivity index (χ4n) is 2.50. The number of hydrogen-bond acceptors (Lipinski definition) is 4. The fraction of sp³-hybridized carbons (Fsp3) is 0.875. The Morgan fingerprint density at radius 1 is 1.18 bits per heavy atom. The molecule has 0 bridgehead atoms. The van der Waals surface area contributed by atoms with Crippen LogP contribution < -0.4 is 5.32 Å². The number of rotatable bonds is 3. The van der Waals surface area contributed by atoms with Gasteiger partial charge in [-0.3, -0.25) is 4.79 Å². The molecule has 1 fully saturated rings. The van der Waals surface area contributed by atoms with Gasteiger partial charge >= 0.3 is 6.09 Å². The van der Waals surface area contributed by atoms with E-state index in [9.17, 15) is 9.59 Å². The van der Waals surface area contributed by atoms with Gasteiger partial charge in [0.2, 0.25) is 5.91 Å². The van der Waals surface area contributed by atoms with E-state index in [1.807, 2.05) is 27.7 Å². The van der Waals surface area contributed by atoms with E-state index in [0.29, 0.717) is 13.1 Å². The molecule has 1 aliphatic rings. The largest absolute Gasteiger partial charge is 0.444 e. The Bertz CT molecular complexity index is 393. The molecule has 0 aromatic carbocycles. The standard InChI is InChI=1S/C16H30N2O4/c1-10(2)13(17-15(20)22-16(5,6)7)14(19)18-8-11(3)21-12(4)9-18/h10-13H,8-9H2,1-7H3,(H,17,20). The number of carbonyl (C=O) groups excluding carboxylic acids is 2. The van der Waals surface area contributed by atoms with Crippen molar-refractivity contribution < 1.29 is 19.1 Å². The fourth-order valence-corrected chi connectivity index (χ4v) is 2.50. The Kier molecular flexibility index (Phi) is 6.23. The number of carbonyl (C=O) groups is 2. The highest BCUT2D eigenvalue weighted by Crippen LogP contribution is 2.15. The predicted molar refractivity (Wildman–Crippen MR) is 84.6 cm³/mol. The van der Waals surface area contributed by atoms with E-state index in [4.69, 9.17) is 9.47 Å². The van der Waals surface area contributed by atoms with Crippen LogP contribution in [0.4, 0.5) is 4.79 Å². The van der Waals surface area contributed by atoms with Crippen LogP contribution in [-0.4, -0.2) is 53.8 Å². The van der Waals surface area contributed by atoms with E-state index in [-0.39, 0.29) is 24.0 Å². The summed E-state index contributed by atoms with van der Waals surface area (Å²) in [5.41, 5.74) is -0.587. The molecule has 3 atom stereocenters. The smallest absolute Gasteiger partial charge is 0.408 e. The van der Waals surface area contributed by atoms with Crippen molar-refractivity contribution in [3.8, 4) is 0 Å². The van der Waals surface area contributed by atoms with Crippen molar-refractivity contribution >= 4 is 12.0 Å². The normalized spacial score (nSPS) is 24.1. The van der Waals surface area contributed by atoms with Crippen LogP contribution in [0.3, 0.4) is 0 Å². The minimum Gasteiger partial charge on any atom is -0.444 e. The molecule has 0 aromatic heterocycles.